The van der Waals surface area contributed by atoms with Crippen LogP contribution in [0, 0.1) is 0 Å². The Morgan fingerprint density at radius 1 is 1.30 bits per heavy atom. The van der Waals surface area contributed by atoms with Crippen LogP contribution in [-0.4, -0.2) is 25.3 Å². The monoisotopic (exact) mass is 312 g/mol. The van der Waals surface area contributed by atoms with Gasteiger partial charge in [0.05, 0.1) is 10.4 Å². The van der Waals surface area contributed by atoms with Crippen molar-refractivity contribution in [3.63, 3.8) is 0 Å². The zero-order valence-corrected chi connectivity index (χ0v) is 12.8. The van der Waals surface area contributed by atoms with E-state index >= 15 is 0 Å². The number of benzene rings is 1. The van der Waals surface area contributed by atoms with Crippen LogP contribution in [0.1, 0.15) is 19.8 Å². The third-order valence-electron chi connectivity index (χ3n) is 2.99. The lowest BCUT2D eigenvalue weighted by Gasteiger charge is -2.12. The summed E-state index contributed by atoms with van der Waals surface area (Å²) < 4.78 is 27.3. The summed E-state index contributed by atoms with van der Waals surface area (Å²) >= 11 is 6.05. The zero-order chi connectivity index (χ0) is 14.6. The minimum Gasteiger partial charge on any atom is -0.256 e. The molecule has 0 aliphatic heterocycles. The number of hydrogen-bond donors (Lipinski definition) is 1. The smallest absolute Gasteiger partial charge is 0.241 e. The molecule has 0 aliphatic carbocycles. The molecule has 6 heteroatoms. The van der Waals surface area contributed by atoms with Crippen molar-refractivity contribution in [3.05, 3.63) is 36.5 Å². The van der Waals surface area contributed by atoms with Gasteiger partial charge in [-0.15, -0.1) is 11.6 Å². The van der Waals surface area contributed by atoms with E-state index in [9.17, 15) is 8.42 Å². The molecule has 1 aromatic carbocycles. The van der Waals surface area contributed by atoms with E-state index in [1.807, 2.05) is 6.92 Å². The van der Waals surface area contributed by atoms with E-state index in [0.29, 0.717) is 10.9 Å². The SMILES string of the molecule is CCCC(Cl)CNS(=O)(=O)c1cccc2ncccc12. The molecular formula is C14H17ClN2O2S. The van der Waals surface area contributed by atoms with Crippen molar-refractivity contribution in [2.75, 3.05) is 6.54 Å². The van der Waals surface area contributed by atoms with Crippen LogP contribution in [-0.2, 0) is 10.0 Å². The van der Waals surface area contributed by atoms with Crippen LogP contribution in [0.25, 0.3) is 10.9 Å². The molecule has 0 aliphatic rings. The fourth-order valence-electron chi connectivity index (χ4n) is 2.00. The third-order valence-corrected chi connectivity index (χ3v) is 4.85. The minimum atomic E-state index is -3.57. The van der Waals surface area contributed by atoms with Gasteiger partial charge in [-0.1, -0.05) is 19.4 Å². The molecule has 1 aromatic heterocycles. The summed E-state index contributed by atoms with van der Waals surface area (Å²) in [6.07, 6.45) is 3.34. The highest BCUT2D eigenvalue weighted by molar-refractivity contribution is 7.89. The molecule has 1 N–H and O–H groups in total. The second-order valence-electron chi connectivity index (χ2n) is 4.56. The van der Waals surface area contributed by atoms with E-state index in [-0.39, 0.29) is 16.8 Å². The number of pyridine rings is 1. The van der Waals surface area contributed by atoms with Gasteiger partial charge in [0.25, 0.3) is 0 Å². The molecule has 0 spiro atoms. The lowest BCUT2D eigenvalue weighted by Crippen LogP contribution is -2.30. The van der Waals surface area contributed by atoms with Gasteiger partial charge < -0.3 is 0 Å². The van der Waals surface area contributed by atoms with Gasteiger partial charge in [0.15, 0.2) is 0 Å². The molecule has 2 rings (SSSR count). The third kappa shape index (κ3) is 3.48. The first-order valence-corrected chi connectivity index (χ1v) is 8.44. The molecule has 1 heterocycles. The predicted molar refractivity (Wildman–Crippen MR) is 81.5 cm³/mol. The van der Waals surface area contributed by atoms with Crippen LogP contribution in [0.4, 0.5) is 0 Å². The lowest BCUT2D eigenvalue weighted by molar-refractivity contribution is 0.577. The second kappa shape index (κ2) is 6.52. The predicted octanol–water partition coefficient (Wildman–Crippen LogP) is 2.92. The molecule has 0 fully saturated rings. The Hall–Kier alpha value is -1.17. The quantitative estimate of drug-likeness (QED) is 0.834. The van der Waals surface area contributed by atoms with Gasteiger partial charge in [-0.25, -0.2) is 13.1 Å². The van der Waals surface area contributed by atoms with Gasteiger partial charge in [0.1, 0.15) is 0 Å². The number of nitrogens with zero attached hydrogens (tertiary/aromatic N) is 1. The maximum absolute atomic E-state index is 12.4. The number of hydrogen-bond acceptors (Lipinski definition) is 3. The summed E-state index contributed by atoms with van der Waals surface area (Å²) in [7, 11) is -3.57. The van der Waals surface area contributed by atoms with Crippen LogP contribution in [0.15, 0.2) is 41.4 Å². The Labute approximate surface area is 124 Å². The average molecular weight is 313 g/mol. The first kappa shape index (κ1) is 15.2. The van der Waals surface area contributed by atoms with Crippen LogP contribution in [0.3, 0.4) is 0 Å². The molecule has 0 saturated carbocycles. The van der Waals surface area contributed by atoms with Gasteiger partial charge in [-0.05, 0) is 30.7 Å². The molecule has 0 amide bonds. The van der Waals surface area contributed by atoms with Crippen molar-refractivity contribution in [1.29, 1.82) is 0 Å². The number of rotatable bonds is 6. The Kier molecular flexibility index (Phi) is 4.96. The first-order chi connectivity index (χ1) is 9.54. The first-order valence-electron chi connectivity index (χ1n) is 6.52. The highest BCUT2D eigenvalue weighted by Crippen LogP contribution is 2.21. The number of halogens is 1. The lowest BCUT2D eigenvalue weighted by atomic mass is 10.2. The van der Waals surface area contributed by atoms with Gasteiger partial charge in [-0.3, -0.25) is 4.98 Å². The summed E-state index contributed by atoms with van der Waals surface area (Å²) in [6, 6.07) is 8.53. The topological polar surface area (TPSA) is 59.1 Å². The molecule has 20 heavy (non-hydrogen) atoms. The van der Waals surface area contributed by atoms with Gasteiger partial charge in [-0.2, -0.15) is 0 Å². The Balaban J connectivity index is 2.28. The number of aromatic nitrogens is 1. The summed E-state index contributed by atoms with van der Waals surface area (Å²) in [4.78, 5) is 4.40. The molecule has 1 unspecified atom stereocenters. The van der Waals surface area contributed by atoms with Crippen molar-refractivity contribution in [2.45, 2.75) is 30.0 Å². The fourth-order valence-corrected chi connectivity index (χ4v) is 3.69. The summed E-state index contributed by atoms with van der Waals surface area (Å²) in [5, 5.41) is 0.423. The van der Waals surface area contributed by atoms with Crippen LogP contribution in [0.2, 0.25) is 0 Å². The largest absolute Gasteiger partial charge is 0.256 e. The van der Waals surface area contributed by atoms with Gasteiger partial charge in [0, 0.05) is 23.5 Å². The molecule has 2 aromatic rings. The summed E-state index contributed by atoms with van der Waals surface area (Å²) in [5.41, 5.74) is 0.659. The fraction of sp³-hybridized carbons (Fsp3) is 0.357. The van der Waals surface area contributed by atoms with E-state index in [1.165, 1.54) is 0 Å². The number of nitrogens with one attached hydrogen (secondary N) is 1. The Morgan fingerprint density at radius 3 is 2.85 bits per heavy atom. The van der Waals surface area contributed by atoms with E-state index in [1.54, 1.807) is 36.5 Å². The maximum Gasteiger partial charge on any atom is 0.241 e. The molecule has 0 saturated heterocycles. The summed E-state index contributed by atoms with van der Waals surface area (Å²) in [5.74, 6) is 0. The summed E-state index contributed by atoms with van der Waals surface area (Å²) in [6.45, 7) is 2.24. The standard InChI is InChI=1S/C14H17ClN2O2S/c1-2-5-11(15)10-17-20(18,19)14-8-3-7-13-12(14)6-4-9-16-13/h3-4,6-9,11,17H,2,5,10H2,1H3. The zero-order valence-electron chi connectivity index (χ0n) is 11.2. The normalized spacial score (nSPS) is 13.5. The number of sulfonamides is 1. The van der Waals surface area contributed by atoms with Crippen LogP contribution >= 0.6 is 11.6 Å². The van der Waals surface area contributed by atoms with Gasteiger partial charge >= 0.3 is 0 Å². The van der Waals surface area contributed by atoms with Crippen LogP contribution < -0.4 is 4.72 Å². The Morgan fingerprint density at radius 2 is 2.10 bits per heavy atom. The van der Waals surface area contributed by atoms with Crippen molar-refractivity contribution in [2.24, 2.45) is 0 Å². The molecule has 108 valence electrons. The average Bonchev–Trinajstić information content (AvgIpc) is 2.45. The Bertz CT molecular complexity index is 683. The highest BCUT2D eigenvalue weighted by Gasteiger charge is 2.18. The van der Waals surface area contributed by atoms with E-state index < -0.39 is 10.0 Å². The van der Waals surface area contributed by atoms with E-state index in [2.05, 4.69) is 9.71 Å². The molecule has 0 bridgehead atoms. The molecule has 4 nitrogen and oxygen atoms in total. The van der Waals surface area contributed by atoms with Crippen molar-refractivity contribution < 1.29 is 8.42 Å². The van der Waals surface area contributed by atoms with E-state index in [4.69, 9.17) is 11.6 Å². The second-order valence-corrected chi connectivity index (χ2v) is 6.92. The molecular weight excluding hydrogens is 296 g/mol. The van der Waals surface area contributed by atoms with Crippen molar-refractivity contribution >= 4 is 32.5 Å². The van der Waals surface area contributed by atoms with Crippen molar-refractivity contribution in [1.82, 2.24) is 9.71 Å². The molecule has 0 radical (unpaired) electrons. The number of fused-ring (bicyclic) bond motifs is 1. The number of alkyl halides is 1. The minimum absolute atomic E-state index is 0.192. The van der Waals surface area contributed by atoms with E-state index in [0.717, 1.165) is 12.8 Å². The van der Waals surface area contributed by atoms with Crippen molar-refractivity contribution in [3.8, 4) is 0 Å². The van der Waals surface area contributed by atoms with Gasteiger partial charge in [0.2, 0.25) is 10.0 Å². The highest BCUT2D eigenvalue weighted by atomic mass is 35.5. The maximum atomic E-state index is 12.4. The molecule has 1 atom stereocenters. The van der Waals surface area contributed by atoms with Crippen LogP contribution in [0.5, 0.6) is 0 Å².